The first-order valence-corrected chi connectivity index (χ1v) is 13.2. The summed E-state index contributed by atoms with van der Waals surface area (Å²) in [5, 5.41) is 10.2. The number of nitrogens with zero attached hydrogens (tertiary/aromatic N) is 1. The summed E-state index contributed by atoms with van der Waals surface area (Å²) in [7, 11) is 1.58. The third-order valence-corrected chi connectivity index (χ3v) is 7.63. The molecule has 8 nitrogen and oxygen atoms in total. The van der Waals surface area contributed by atoms with Crippen LogP contribution in [0.5, 0.6) is 11.5 Å². The van der Waals surface area contributed by atoms with Crippen LogP contribution in [0, 0.1) is 0 Å². The Hall–Kier alpha value is -3.10. The molecule has 3 aliphatic rings. The normalized spacial score (nSPS) is 21.3. The van der Waals surface area contributed by atoms with Crippen LogP contribution >= 0.6 is 0 Å². The lowest BCUT2D eigenvalue weighted by atomic mass is 9.91. The van der Waals surface area contributed by atoms with Crippen LogP contribution in [0.15, 0.2) is 42.5 Å². The standard InChI is InChI=1S/C29H35NO7/c1-34-25-12-11-20-18-30(24(29(32)33)17-23(20)27(25)37-22-13-15-35-16-14-22)28(31)26(19-7-3-2-4-8-19)36-21-9-5-6-10-21/h2-4,7-8,11-12,21-22,24,26H,5-6,9-10,13-18H2,1H3,(H,32,33)/t24-,26+/m0/s1. The van der Waals surface area contributed by atoms with Crippen LogP contribution in [-0.4, -0.2) is 60.5 Å². The molecule has 2 atom stereocenters. The van der Waals surface area contributed by atoms with Crippen molar-refractivity contribution in [3.8, 4) is 11.5 Å². The minimum Gasteiger partial charge on any atom is -0.493 e. The van der Waals surface area contributed by atoms with E-state index in [1.54, 1.807) is 7.11 Å². The molecule has 0 bridgehead atoms. The number of benzene rings is 2. The van der Waals surface area contributed by atoms with E-state index >= 15 is 0 Å². The Morgan fingerprint density at radius 3 is 2.41 bits per heavy atom. The Kier molecular flexibility index (Phi) is 7.96. The van der Waals surface area contributed by atoms with Gasteiger partial charge in [0.1, 0.15) is 12.1 Å². The fourth-order valence-electron chi connectivity index (χ4n) is 5.59. The number of hydrogen-bond acceptors (Lipinski definition) is 6. The second kappa shape index (κ2) is 11.5. The Morgan fingerprint density at radius 2 is 1.73 bits per heavy atom. The van der Waals surface area contributed by atoms with Crippen molar-refractivity contribution in [3.63, 3.8) is 0 Å². The quantitative estimate of drug-likeness (QED) is 0.567. The van der Waals surface area contributed by atoms with Gasteiger partial charge in [-0.15, -0.1) is 0 Å². The number of aliphatic carboxylic acids is 1. The Labute approximate surface area is 217 Å². The van der Waals surface area contributed by atoms with Gasteiger partial charge in [0.05, 0.1) is 26.4 Å². The van der Waals surface area contributed by atoms with E-state index in [1.807, 2.05) is 42.5 Å². The average Bonchev–Trinajstić information content (AvgIpc) is 3.45. The third-order valence-electron chi connectivity index (χ3n) is 7.63. The largest absolute Gasteiger partial charge is 0.493 e. The van der Waals surface area contributed by atoms with Crippen LogP contribution in [0.1, 0.15) is 61.3 Å². The third kappa shape index (κ3) is 5.60. The summed E-state index contributed by atoms with van der Waals surface area (Å²) in [5.41, 5.74) is 2.39. The zero-order valence-electron chi connectivity index (χ0n) is 21.3. The van der Waals surface area contributed by atoms with Gasteiger partial charge in [-0.1, -0.05) is 49.2 Å². The molecule has 2 aliphatic heterocycles. The monoisotopic (exact) mass is 509 g/mol. The lowest BCUT2D eigenvalue weighted by molar-refractivity contribution is -0.160. The summed E-state index contributed by atoms with van der Waals surface area (Å²) in [6.45, 7) is 1.42. The number of methoxy groups -OCH3 is 1. The predicted molar refractivity (Wildman–Crippen MR) is 136 cm³/mol. The molecule has 2 fully saturated rings. The van der Waals surface area contributed by atoms with Crippen LogP contribution in [0.25, 0.3) is 0 Å². The van der Waals surface area contributed by atoms with Gasteiger partial charge in [-0.2, -0.15) is 0 Å². The van der Waals surface area contributed by atoms with Crippen molar-refractivity contribution in [2.45, 2.75) is 75.8 Å². The number of carbonyl (C=O) groups excluding carboxylic acids is 1. The van der Waals surface area contributed by atoms with Gasteiger partial charge < -0.3 is 29.0 Å². The lowest BCUT2D eigenvalue weighted by Crippen LogP contribution is -2.51. The maximum atomic E-state index is 14.0. The van der Waals surface area contributed by atoms with Crippen molar-refractivity contribution < 1.29 is 33.6 Å². The maximum Gasteiger partial charge on any atom is 0.326 e. The van der Waals surface area contributed by atoms with Gasteiger partial charge in [0.25, 0.3) is 5.91 Å². The molecule has 2 aromatic carbocycles. The number of amides is 1. The summed E-state index contributed by atoms with van der Waals surface area (Å²) in [4.78, 5) is 28.0. The first-order valence-electron chi connectivity index (χ1n) is 13.2. The Balaban J connectivity index is 1.46. The predicted octanol–water partition coefficient (Wildman–Crippen LogP) is 4.29. The number of carboxylic acid groups (broad SMARTS) is 1. The zero-order valence-corrected chi connectivity index (χ0v) is 21.3. The number of ether oxygens (including phenoxy) is 4. The zero-order chi connectivity index (χ0) is 25.8. The van der Waals surface area contributed by atoms with Crippen molar-refractivity contribution in [2.75, 3.05) is 20.3 Å². The second-order valence-corrected chi connectivity index (χ2v) is 10.0. The molecule has 5 rings (SSSR count). The molecule has 2 heterocycles. The summed E-state index contributed by atoms with van der Waals surface area (Å²) in [6.07, 6.45) is 4.76. The maximum absolute atomic E-state index is 14.0. The molecule has 1 N–H and O–H groups in total. The average molecular weight is 510 g/mol. The molecule has 1 aliphatic carbocycles. The van der Waals surface area contributed by atoms with E-state index < -0.39 is 18.1 Å². The Morgan fingerprint density at radius 1 is 1.00 bits per heavy atom. The molecular weight excluding hydrogens is 474 g/mol. The van der Waals surface area contributed by atoms with E-state index in [4.69, 9.17) is 18.9 Å². The number of rotatable bonds is 8. The van der Waals surface area contributed by atoms with E-state index in [0.29, 0.717) is 24.7 Å². The smallest absolute Gasteiger partial charge is 0.326 e. The highest BCUT2D eigenvalue weighted by atomic mass is 16.5. The molecule has 8 heteroatoms. The van der Waals surface area contributed by atoms with Crippen LogP contribution in [0.4, 0.5) is 0 Å². The fourth-order valence-corrected chi connectivity index (χ4v) is 5.59. The minimum atomic E-state index is -1.05. The SMILES string of the molecule is COc1ccc2c(c1OC1CCOCC1)C[C@@H](C(=O)O)N(C(=O)[C@H](OC1CCCC1)c1ccccc1)C2. The first-order chi connectivity index (χ1) is 18.0. The van der Waals surface area contributed by atoms with Crippen LogP contribution in [-0.2, 0) is 32.0 Å². The number of carbonyl (C=O) groups is 2. The molecule has 0 aromatic heterocycles. The highest BCUT2D eigenvalue weighted by Crippen LogP contribution is 2.41. The Bertz CT molecular complexity index is 1090. The molecule has 2 aromatic rings. The van der Waals surface area contributed by atoms with E-state index in [9.17, 15) is 14.7 Å². The van der Waals surface area contributed by atoms with Crippen LogP contribution in [0.3, 0.4) is 0 Å². The lowest BCUT2D eigenvalue weighted by Gasteiger charge is -2.38. The second-order valence-electron chi connectivity index (χ2n) is 10.0. The number of carboxylic acids is 1. The molecule has 0 unspecified atom stereocenters. The van der Waals surface area contributed by atoms with E-state index in [-0.39, 0.29) is 31.1 Å². The van der Waals surface area contributed by atoms with Crippen molar-refractivity contribution in [2.24, 2.45) is 0 Å². The van der Waals surface area contributed by atoms with Crippen LogP contribution in [0.2, 0.25) is 0 Å². The summed E-state index contributed by atoms with van der Waals surface area (Å²) in [5.74, 6) is -0.224. The van der Waals surface area contributed by atoms with Gasteiger partial charge >= 0.3 is 5.97 Å². The van der Waals surface area contributed by atoms with Gasteiger partial charge in [0.15, 0.2) is 17.6 Å². The topological polar surface area (TPSA) is 94.5 Å². The van der Waals surface area contributed by atoms with E-state index in [1.165, 1.54) is 4.90 Å². The van der Waals surface area contributed by atoms with Crippen molar-refractivity contribution in [1.82, 2.24) is 4.90 Å². The molecular formula is C29H35NO7. The molecule has 0 spiro atoms. The van der Waals surface area contributed by atoms with E-state index in [0.717, 1.165) is 55.2 Å². The summed E-state index contributed by atoms with van der Waals surface area (Å²) < 4.78 is 23.8. The highest BCUT2D eigenvalue weighted by Gasteiger charge is 2.41. The molecule has 198 valence electrons. The minimum absolute atomic E-state index is 0.00162. The number of fused-ring (bicyclic) bond motifs is 1. The highest BCUT2D eigenvalue weighted by molar-refractivity contribution is 5.88. The number of hydrogen-bond donors (Lipinski definition) is 1. The van der Waals surface area contributed by atoms with Crippen LogP contribution < -0.4 is 9.47 Å². The van der Waals surface area contributed by atoms with E-state index in [2.05, 4.69) is 0 Å². The van der Waals surface area contributed by atoms with Crippen molar-refractivity contribution in [1.29, 1.82) is 0 Å². The molecule has 37 heavy (non-hydrogen) atoms. The van der Waals surface area contributed by atoms with Gasteiger partial charge in [-0.25, -0.2) is 4.79 Å². The molecule has 1 amide bonds. The fraction of sp³-hybridized carbons (Fsp3) is 0.517. The molecule has 0 radical (unpaired) electrons. The van der Waals surface area contributed by atoms with Gasteiger partial charge in [0.2, 0.25) is 0 Å². The van der Waals surface area contributed by atoms with Gasteiger partial charge in [-0.3, -0.25) is 4.79 Å². The molecule has 1 saturated carbocycles. The summed E-state index contributed by atoms with van der Waals surface area (Å²) in [6, 6.07) is 12.1. The van der Waals surface area contributed by atoms with Crippen molar-refractivity contribution in [3.05, 3.63) is 59.2 Å². The summed E-state index contributed by atoms with van der Waals surface area (Å²) >= 11 is 0. The first kappa shape index (κ1) is 25.5. The van der Waals surface area contributed by atoms with Gasteiger partial charge in [0, 0.05) is 31.4 Å². The molecule has 1 saturated heterocycles. The van der Waals surface area contributed by atoms with Crippen molar-refractivity contribution >= 4 is 11.9 Å². The van der Waals surface area contributed by atoms with Gasteiger partial charge in [-0.05, 0) is 30.0 Å².